The van der Waals surface area contributed by atoms with Gasteiger partial charge in [-0.05, 0) is 85.3 Å². The third kappa shape index (κ3) is 4.62. The van der Waals surface area contributed by atoms with Crippen molar-refractivity contribution in [2.75, 3.05) is 0 Å². The van der Waals surface area contributed by atoms with E-state index in [4.69, 9.17) is 10.5 Å². The maximum absolute atomic E-state index is 9.31. The fourth-order valence-corrected chi connectivity index (χ4v) is 6.53. The number of nitrogens with zero attached hydrogens (tertiary/aromatic N) is 2. The average Bonchev–Trinajstić information content (AvgIpc) is 3.63. The zero-order chi connectivity index (χ0) is 38.1. The molecule has 0 aliphatic heterocycles. The average molecular weight is 607 g/mol. The number of rotatable bonds is 5. The number of imidazole rings is 1. The highest BCUT2D eigenvalue weighted by molar-refractivity contribution is 6.21. The van der Waals surface area contributed by atoms with Crippen molar-refractivity contribution >= 4 is 32.6 Å². The second-order valence-electron chi connectivity index (χ2n) is 11.4. The topological polar surface area (TPSA) is 17.8 Å². The molecule has 1 aromatic heterocycles. The van der Waals surface area contributed by atoms with Gasteiger partial charge in [0, 0.05) is 11.3 Å². The van der Waals surface area contributed by atoms with Gasteiger partial charge in [-0.15, -0.1) is 0 Å². The number of hydrogen-bond donors (Lipinski definition) is 0. The molecule has 0 aliphatic carbocycles. The van der Waals surface area contributed by atoms with E-state index in [1.165, 1.54) is 0 Å². The van der Waals surface area contributed by atoms with Crippen molar-refractivity contribution in [3.8, 4) is 50.5 Å². The van der Waals surface area contributed by atoms with Crippen molar-refractivity contribution in [1.82, 2.24) is 9.55 Å². The van der Waals surface area contributed by atoms with Gasteiger partial charge in [-0.3, -0.25) is 4.57 Å². The maximum atomic E-state index is 9.31. The minimum atomic E-state index is -0.434. The van der Waals surface area contributed by atoms with Crippen LogP contribution in [-0.2, 0) is 0 Å². The van der Waals surface area contributed by atoms with Crippen molar-refractivity contribution in [2.45, 2.75) is 0 Å². The van der Waals surface area contributed by atoms with Crippen LogP contribution in [0.5, 0.6) is 0 Å². The Morgan fingerprint density at radius 2 is 0.936 bits per heavy atom. The summed E-state index contributed by atoms with van der Waals surface area (Å²) in [7, 11) is 0. The van der Waals surface area contributed by atoms with Crippen molar-refractivity contribution in [3.05, 3.63) is 182 Å². The SMILES string of the molecule is [2H]c1c([2H])c([2H])c2c(-c3cccc(-c4ccccc4)c3)c3c([2H])c([2H])c([2H])c([2H])c3c(-c3ccc(-c4nc5ccccc5n4-c4ccccc4)cc3)c2c1[2H]. The molecule has 47 heavy (non-hydrogen) atoms. The minimum absolute atomic E-state index is 0.174. The normalized spacial score (nSPS) is 13.8. The van der Waals surface area contributed by atoms with Crippen molar-refractivity contribution in [1.29, 1.82) is 0 Å². The van der Waals surface area contributed by atoms with Crippen LogP contribution in [-0.4, -0.2) is 9.55 Å². The van der Waals surface area contributed by atoms with Gasteiger partial charge in [-0.2, -0.15) is 0 Å². The first kappa shape index (κ1) is 20.0. The summed E-state index contributed by atoms with van der Waals surface area (Å²) in [6.45, 7) is 0. The largest absolute Gasteiger partial charge is 0.292 e. The van der Waals surface area contributed by atoms with E-state index in [9.17, 15) is 5.48 Å². The van der Waals surface area contributed by atoms with E-state index in [2.05, 4.69) is 4.57 Å². The number of para-hydroxylation sites is 3. The van der Waals surface area contributed by atoms with Crippen LogP contribution in [0.2, 0.25) is 0 Å². The van der Waals surface area contributed by atoms with E-state index in [1.807, 2.05) is 133 Å². The van der Waals surface area contributed by atoms with Crippen LogP contribution >= 0.6 is 0 Å². The van der Waals surface area contributed by atoms with Crippen molar-refractivity contribution < 1.29 is 11.0 Å². The molecule has 0 spiro atoms. The van der Waals surface area contributed by atoms with E-state index in [-0.39, 0.29) is 45.7 Å². The monoisotopic (exact) mass is 606 g/mol. The van der Waals surface area contributed by atoms with E-state index in [0.29, 0.717) is 28.1 Å². The standard InChI is InChI=1S/C45H30N2/c1-3-14-31(15-4-1)34-16-13-17-35(30-34)44-39-22-9-7-20-37(39)43(38-21-8-10-23-40(38)44)32-26-28-33(29-27-32)45-46-41-24-11-12-25-42(41)47(45)36-18-5-2-6-19-36/h1-30H/i7D,8D,9D,10D,20D,21D,22D,23D. The molecule has 0 bridgehead atoms. The molecule has 1 heterocycles. The molecule has 0 atom stereocenters. The molecule has 0 radical (unpaired) electrons. The lowest BCUT2D eigenvalue weighted by molar-refractivity contribution is 1.10. The summed E-state index contributed by atoms with van der Waals surface area (Å²) in [6.07, 6.45) is 0. The van der Waals surface area contributed by atoms with Crippen LogP contribution in [0.15, 0.2) is 182 Å². The molecule has 220 valence electrons. The zero-order valence-corrected chi connectivity index (χ0v) is 25.1. The number of aromatic nitrogens is 2. The molecule has 2 heteroatoms. The van der Waals surface area contributed by atoms with Gasteiger partial charge in [-0.25, -0.2) is 4.98 Å². The third-order valence-electron chi connectivity index (χ3n) is 8.64. The summed E-state index contributed by atoms with van der Waals surface area (Å²) in [6, 6.07) is 39.6. The van der Waals surface area contributed by atoms with Crippen LogP contribution in [0, 0.1) is 0 Å². The molecule has 0 N–H and O–H groups in total. The highest BCUT2D eigenvalue weighted by Gasteiger charge is 2.18. The van der Waals surface area contributed by atoms with Crippen LogP contribution in [0.3, 0.4) is 0 Å². The summed E-state index contributed by atoms with van der Waals surface area (Å²) in [5.41, 5.74) is 6.97. The first-order valence-electron chi connectivity index (χ1n) is 19.4. The molecule has 2 nitrogen and oxygen atoms in total. The predicted molar refractivity (Wildman–Crippen MR) is 198 cm³/mol. The molecule has 9 rings (SSSR count). The summed E-state index contributed by atoms with van der Waals surface area (Å²) < 4.78 is 74.4. The Morgan fingerprint density at radius 3 is 1.60 bits per heavy atom. The highest BCUT2D eigenvalue weighted by atomic mass is 15.1. The van der Waals surface area contributed by atoms with Gasteiger partial charge < -0.3 is 0 Å². The van der Waals surface area contributed by atoms with Crippen LogP contribution in [0.4, 0.5) is 0 Å². The van der Waals surface area contributed by atoms with Gasteiger partial charge in [0.2, 0.25) is 0 Å². The van der Waals surface area contributed by atoms with E-state index in [0.717, 1.165) is 33.4 Å². The second-order valence-corrected chi connectivity index (χ2v) is 11.4. The van der Waals surface area contributed by atoms with Gasteiger partial charge in [0.1, 0.15) is 5.82 Å². The first-order valence-corrected chi connectivity index (χ1v) is 15.4. The number of benzene rings is 8. The maximum Gasteiger partial charge on any atom is 0.145 e. The molecular weight excluding hydrogens is 569 g/mol. The minimum Gasteiger partial charge on any atom is -0.292 e. The number of fused-ring (bicyclic) bond motifs is 3. The fraction of sp³-hybridized carbons (Fsp3) is 0. The van der Waals surface area contributed by atoms with Gasteiger partial charge in [0.05, 0.1) is 22.0 Å². The lowest BCUT2D eigenvalue weighted by atomic mass is 9.85. The highest BCUT2D eigenvalue weighted by Crippen LogP contribution is 2.44. The summed E-state index contributed by atoms with van der Waals surface area (Å²) in [4.78, 5) is 4.99. The summed E-state index contributed by atoms with van der Waals surface area (Å²) in [5, 5.41) is 0.707. The van der Waals surface area contributed by atoms with Crippen LogP contribution in [0.1, 0.15) is 11.0 Å². The van der Waals surface area contributed by atoms with Gasteiger partial charge >= 0.3 is 0 Å². The molecule has 8 aromatic carbocycles. The Kier molecular flexibility index (Phi) is 4.80. The van der Waals surface area contributed by atoms with Gasteiger partial charge in [-0.1, -0.05) is 151 Å². The molecule has 0 unspecified atom stereocenters. The molecule has 9 aromatic rings. The molecular formula is C45H30N2. The Hall–Kier alpha value is -6.25. The molecule has 0 saturated heterocycles. The van der Waals surface area contributed by atoms with Gasteiger partial charge in [0.25, 0.3) is 0 Å². The second kappa shape index (κ2) is 11.3. The quantitative estimate of drug-likeness (QED) is 0.178. The molecule has 0 aliphatic rings. The Morgan fingerprint density at radius 1 is 0.426 bits per heavy atom. The van der Waals surface area contributed by atoms with Crippen molar-refractivity contribution in [3.63, 3.8) is 0 Å². The Balaban J connectivity index is 1.38. The first-order chi connectivity index (χ1) is 26.7. The Labute approximate surface area is 285 Å². The molecule has 0 amide bonds. The summed E-state index contributed by atoms with van der Waals surface area (Å²) >= 11 is 0. The zero-order valence-electron chi connectivity index (χ0n) is 33.1. The van der Waals surface area contributed by atoms with Gasteiger partial charge in [0.15, 0.2) is 0 Å². The van der Waals surface area contributed by atoms with E-state index in [1.54, 1.807) is 0 Å². The van der Waals surface area contributed by atoms with E-state index >= 15 is 0 Å². The third-order valence-corrected chi connectivity index (χ3v) is 8.64. The summed E-state index contributed by atoms with van der Waals surface area (Å²) in [5.74, 6) is 0.700. The Bertz CT molecular complexity index is 2920. The smallest absolute Gasteiger partial charge is 0.145 e. The number of hydrogen-bond acceptors (Lipinski definition) is 1. The lowest BCUT2D eigenvalue weighted by Crippen LogP contribution is -1.97. The molecule has 0 fully saturated rings. The lowest BCUT2D eigenvalue weighted by Gasteiger charge is -2.18. The fourth-order valence-electron chi connectivity index (χ4n) is 6.53. The van der Waals surface area contributed by atoms with Crippen LogP contribution < -0.4 is 0 Å². The predicted octanol–water partition coefficient (Wildman–Crippen LogP) is 12.0. The van der Waals surface area contributed by atoms with Crippen molar-refractivity contribution in [2.24, 2.45) is 0 Å². The van der Waals surface area contributed by atoms with E-state index < -0.39 is 24.2 Å². The van der Waals surface area contributed by atoms with Crippen LogP contribution in [0.25, 0.3) is 83.0 Å². The molecule has 0 saturated carbocycles.